The summed E-state index contributed by atoms with van der Waals surface area (Å²) < 4.78 is 5.41. The predicted molar refractivity (Wildman–Crippen MR) is 59.2 cm³/mol. The lowest BCUT2D eigenvalue weighted by Crippen LogP contribution is -2.17. The summed E-state index contributed by atoms with van der Waals surface area (Å²) in [6.07, 6.45) is 1.04. The van der Waals surface area contributed by atoms with Crippen molar-refractivity contribution in [1.82, 2.24) is 0 Å². The number of ether oxygens (including phenoxy) is 1. The summed E-state index contributed by atoms with van der Waals surface area (Å²) in [6, 6.07) is 8.27. The Morgan fingerprint density at radius 2 is 2.21 bits per heavy atom. The third-order valence-electron chi connectivity index (χ3n) is 2.12. The molecule has 1 rings (SSSR count). The number of aryl methyl sites for hydroxylation is 1. The van der Waals surface area contributed by atoms with Crippen LogP contribution in [-0.4, -0.2) is 13.2 Å². The maximum absolute atomic E-state index is 5.98. The Balaban J connectivity index is 2.47. The molecule has 1 aromatic carbocycles. The third kappa shape index (κ3) is 3.48. The first-order chi connectivity index (χ1) is 6.74. The molecule has 1 aromatic rings. The fraction of sp³-hybridized carbons (Fsp3) is 0.500. The van der Waals surface area contributed by atoms with Gasteiger partial charge in [-0.3, -0.25) is 0 Å². The topological polar surface area (TPSA) is 35.2 Å². The van der Waals surface area contributed by atoms with Crippen LogP contribution in [-0.2, 0) is 4.74 Å². The second kappa shape index (κ2) is 5.78. The van der Waals surface area contributed by atoms with Crippen molar-refractivity contribution in [2.45, 2.75) is 26.3 Å². The van der Waals surface area contributed by atoms with E-state index in [2.05, 4.69) is 26.0 Å². The summed E-state index contributed by atoms with van der Waals surface area (Å²) in [5.41, 5.74) is 8.38. The molecule has 0 aliphatic carbocycles. The molecule has 2 N–H and O–H groups in total. The van der Waals surface area contributed by atoms with Gasteiger partial charge >= 0.3 is 0 Å². The van der Waals surface area contributed by atoms with E-state index in [9.17, 15) is 0 Å². The van der Waals surface area contributed by atoms with Crippen molar-refractivity contribution in [3.8, 4) is 0 Å². The molecule has 0 spiro atoms. The van der Waals surface area contributed by atoms with Crippen LogP contribution in [0.4, 0.5) is 0 Å². The summed E-state index contributed by atoms with van der Waals surface area (Å²) in [5.74, 6) is 0. The van der Waals surface area contributed by atoms with Crippen LogP contribution < -0.4 is 5.73 Å². The van der Waals surface area contributed by atoms with E-state index in [-0.39, 0.29) is 6.04 Å². The molecule has 0 saturated heterocycles. The minimum atomic E-state index is 0.00134. The molecule has 0 heterocycles. The summed E-state index contributed by atoms with van der Waals surface area (Å²) in [7, 11) is 0. The second-order valence-electron chi connectivity index (χ2n) is 3.60. The summed E-state index contributed by atoms with van der Waals surface area (Å²) in [5, 5.41) is 0. The maximum atomic E-state index is 5.98. The number of benzene rings is 1. The van der Waals surface area contributed by atoms with Crippen molar-refractivity contribution < 1.29 is 4.74 Å². The molecule has 78 valence electrons. The van der Waals surface area contributed by atoms with E-state index in [0.29, 0.717) is 6.61 Å². The van der Waals surface area contributed by atoms with Gasteiger partial charge in [0.2, 0.25) is 0 Å². The smallest absolute Gasteiger partial charge is 0.0659 e. The molecular weight excluding hydrogens is 174 g/mol. The molecule has 0 aromatic heterocycles. The highest BCUT2D eigenvalue weighted by Crippen LogP contribution is 2.12. The average molecular weight is 193 g/mol. The van der Waals surface area contributed by atoms with Gasteiger partial charge in [-0.2, -0.15) is 0 Å². The molecule has 0 fully saturated rings. The van der Waals surface area contributed by atoms with Gasteiger partial charge in [0, 0.05) is 6.61 Å². The van der Waals surface area contributed by atoms with E-state index in [4.69, 9.17) is 10.5 Å². The fourth-order valence-electron chi connectivity index (χ4n) is 1.35. The van der Waals surface area contributed by atoms with E-state index in [0.717, 1.165) is 18.6 Å². The van der Waals surface area contributed by atoms with Crippen LogP contribution in [0.2, 0.25) is 0 Å². The van der Waals surface area contributed by atoms with Gasteiger partial charge in [0.25, 0.3) is 0 Å². The van der Waals surface area contributed by atoms with Gasteiger partial charge in [0.05, 0.1) is 12.6 Å². The van der Waals surface area contributed by atoms with E-state index < -0.39 is 0 Å². The van der Waals surface area contributed by atoms with Gasteiger partial charge in [-0.05, 0) is 18.9 Å². The van der Waals surface area contributed by atoms with Crippen LogP contribution in [0.25, 0.3) is 0 Å². The molecule has 0 radical (unpaired) electrons. The highest BCUT2D eigenvalue weighted by atomic mass is 16.5. The van der Waals surface area contributed by atoms with Crippen LogP contribution in [0.5, 0.6) is 0 Å². The van der Waals surface area contributed by atoms with Crippen molar-refractivity contribution in [1.29, 1.82) is 0 Å². The van der Waals surface area contributed by atoms with Crippen molar-refractivity contribution in [3.05, 3.63) is 35.4 Å². The quantitative estimate of drug-likeness (QED) is 0.729. The zero-order valence-electron chi connectivity index (χ0n) is 8.99. The molecule has 0 amide bonds. The molecule has 1 unspecified atom stereocenters. The molecule has 14 heavy (non-hydrogen) atoms. The van der Waals surface area contributed by atoms with Crippen LogP contribution in [0.3, 0.4) is 0 Å². The van der Waals surface area contributed by atoms with Crippen LogP contribution in [0.1, 0.15) is 30.5 Å². The molecule has 0 bridgehead atoms. The summed E-state index contributed by atoms with van der Waals surface area (Å²) >= 11 is 0. The normalized spacial score (nSPS) is 12.8. The SMILES string of the molecule is CCCOCC(N)c1cccc(C)c1. The number of rotatable bonds is 5. The van der Waals surface area contributed by atoms with Gasteiger partial charge < -0.3 is 10.5 Å². The van der Waals surface area contributed by atoms with Crippen LogP contribution in [0.15, 0.2) is 24.3 Å². The lowest BCUT2D eigenvalue weighted by Gasteiger charge is -2.12. The average Bonchev–Trinajstić information content (AvgIpc) is 2.18. The molecule has 2 heteroatoms. The minimum absolute atomic E-state index is 0.00134. The van der Waals surface area contributed by atoms with Gasteiger partial charge in [0.15, 0.2) is 0 Å². The number of hydrogen-bond donors (Lipinski definition) is 1. The Hall–Kier alpha value is -0.860. The lowest BCUT2D eigenvalue weighted by atomic mass is 10.1. The van der Waals surface area contributed by atoms with Gasteiger partial charge in [-0.1, -0.05) is 36.8 Å². The molecule has 0 aliphatic rings. The number of nitrogens with two attached hydrogens (primary N) is 1. The van der Waals surface area contributed by atoms with Gasteiger partial charge in [-0.15, -0.1) is 0 Å². The third-order valence-corrected chi connectivity index (χ3v) is 2.12. The first-order valence-electron chi connectivity index (χ1n) is 5.14. The van der Waals surface area contributed by atoms with Crippen LogP contribution >= 0.6 is 0 Å². The molecule has 2 nitrogen and oxygen atoms in total. The molecule has 1 atom stereocenters. The van der Waals surface area contributed by atoms with Gasteiger partial charge in [0.1, 0.15) is 0 Å². The van der Waals surface area contributed by atoms with Crippen molar-refractivity contribution >= 4 is 0 Å². The summed E-state index contributed by atoms with van der Waals surface area (Å²) in [4.78, 5) is 0. The fourth-order valence-corrected chi connectivity index (χ4v) is 1.35. The van der Waals surface area contributed by atoms with E-state index in [1.807, 2.05) is 12.1 Å². The Kier molecular flexibility index (Phi) is 4.63. The highest BCUT2D eigenvalue weighted by molar-refractivity contribution is 5.24. The summed E-state index contributed by atoms with van der Waals surface area (Å²) in [6.45, 7) is 5.57. The predicted octanol–water partition coefficient (Wildman–Crippen LogP) is 2.42. The second-order valence-corrected chi connectivity index (χ2v) is 3.60. The Bertz CT molecular complexity index is 273. The van der Waals surface area contributed by atoms with Crippen LogP contribution in [0, 0.1) is 6.92 Å². The van der Waals surface area contributed by atoms with Crippen molar-refractivity contribution in [3.63, 3.8) is 0 Å². The molecule has 0 aliphatic heterocycles. The van der Waals surface area contributed by atoms with E-state index in [1.165, 1.54) is 5.56 Å². The Morgan fingerprint density at radius 1 is 1.43 bits per heavy atom. The Labute approximate surface area is 86.1 Å². The highest BCUT2D eigenvalue weighted by Gasteiger charge is 2.05. The largest absolute Gasteiger partial charge is 0.379 e. The van der Waals surface area contributed by atoms with Crippen molar-refractivity contribution in [2.75, 3.05) is 13.2 Å². The monoisotopic (exact) mass is 193 g/mol. The zero-order chi connectivity index (χ0) is 10.4. The minimum Gasteiger partial charge on any atom is -0.379 e. The molecule has 0 saturated carbocycles. The Morgan fingerprint density at radius 3 is 2.86 bits per heavy atom. The molecular formula is C12H19NO. The first kappa shape index (κ1) is 11.2. The lowest BCUT2D eigenvalue weighted by molar-refractivity contribution is 0.121. The first-order valence-corrected chi connectivity index (χ1v) is 5.14. The van der Waals surface area contributed by atoms with Crippen molar-refractivity contribution in [2.24, 2.45) is 5.73 Å². The number of hydrogen-bond acceptors (Lipinski definition) is 2. The standard InChI is InChI=1S/C12H19NO/c1-3-7-14-9-12(13)11-6-4-5-10(2)8-11/h4-6,8,12H,3,7,9,13H2,1-2H3. The maximum Gasteiger partial charge on any atom is 0.0659 e. The van der Waals surface area contributed by atoms with E-state index in [1.54, 1.807) is 0 Å². The van der Waals surface area contributed by atoms with E-state index >= 15 is 0 Å². The van der Waals surface area contributed by atoms with Gasteiger partial charge in [-0.25, -0.2) is 0 Å². The zero-order valence-corrected chi connectivity index (χ0v) is 8.99.